The normalized spacial score (nSPS) is 12.6. The van der Waals surface area contributed by atoms with Crippen LogP contribution in [0.4, 0.5) is 0 Å². The third-order valence-electron chi connectivity index (χ3n) is 8.27. The van der Waals surface area contributed by atoms with Gasteiger partial charge in [-0.2, -0.15) is 0 Å². The van der Waals surface area contributed by atoms with Gasteiger partial charge in [0.1, 0.15) is 24.7 Å². The molecule has 9 heteroatoms. The summed E-state index contributed by atoms with van der Waals surface area (Å²) in [6.45, 7) is 9.25. The van der Waals surface area contributed by atoms with Crippen molar-refractivity contribution in [2.24, 2.45) is 0 Å². The van der Waals surface area contributed by atoms with Gasteiger partial charge in [0.2, 0.25) is 0 Å². The van der Waals surface area contributed by atoms with Crippen molar-refractivity contribution in [3.8, 4) is 11.5 Å². The zero-order valence-electron chi connectivity index (χ0n) is 30.1. The monoisotopic (exact) mass is 744 g/mol. The molecule has 2 atom stereocenters. The predicted octanol–water partition coefficient (Wildman–Crippen LogP) is 10.1. The fraction of sp³-hybridized carbons (Fsp3) is 0.600. The molecule has 8 nitrogen and oxygen atoms in total. The smallest absolute Gasteiger partial charge is 0.303 e. The van der Waals surface area contributed by atoms with Crippen LogP contribution in [0.5, 0.6) is 11.5 Å². The van der Waals surface area contributed by atoms with E-state index in [2.05, 4.69) is 29.8 Å². The molecule has 0 heterocycles. The molecule has 0 fully saturated rings. The van der Waals surface area contributed by atoms with Gasteiger partial charge in [0, 0.05) is 53.1 Å². The molecule has 3 aromatic rings. The number of halogens is 1. The lowest BCUT2D eigenvalue weighted by atomic mass is 10.0. The first kappa shape index (κ1) is 40.5. The van der Waals surface area contributed by atoms with Crippen LogP contribution in [-0.2, 0) is 28.5 Å². The highest BCUT2D eigenvalue weighted by Crippen LogP contribution is 2.43. The third kappa shape index (κ3) is 14.9. The predicted molar refractivity (Wildman–Crippen MR) is 200 cm³/mol. The maximum absolute atomic E-state index is 12.0. The number of rotatable bonds is 26. The van der Waals surface area contributed by atoms with Gasteiger partial charge in [-0.25, -0.2) is 0 Å². The number of carbonyl (C=O) groups excluding carboxylic acids is 2. The molecule has 0 saturated heterocycles. The summed E-state index contributed by atoms with van der Waals surface area (Å²) in [5.74, 6) is 0.567. The lowest BCUT2D eigenvalue weighted by molar-refractivity contribution is -0.152. The maximum Gasteiger partial charge on any atom is 0.303 e. The minimum Gasteiger partial charge on any atom is -0.488 e. The fourth-order valence-electron chi connectivity index (χ4n) is 5.84. The minimum atomic E-state index is -0.560. The third-order valence-corrected chi connectivity index (χ3v) is 8.76. The second-order valence-corrected chi connectivity index (χ2v) is 13.6. The highest BCUT2D eigenvalue weighted by molar-refractivity contribution is 9.10. The Balaban J connectivity index is 1.74. The molecule has 3 aromatic carbocycles. The van der Waals surface area contributed by atoms with Gasteiger partial charge in [-0.15, -0.1) is 0 Å². The van der Waals surface area contributed by atoms with Crippen molar-refractivity contribution in [3.05, 3.63) is 46.9 Å². The molecule has 2 unspecified atom stereocenters. The van der Waals surface area contributed by atoms with Crippen molar-refractivity contribution in [2.45, 2.75) is 117 Å². The number of carbonyl (C=O) groups is 2. The van der Waals surface area contributed by atoms with Crippen LogP contribution in [0.1, 0.15) is 105 Å². The molecule has 0 aliphatic rings. The van der Waals surface area contributed by atoms with Gasteiger partial charge in [0.25, 0.3) is 0 Å². The molecule has 0 amide bonds. The van der Waals surface area contributed by atoms with Crippen molar-refractivity contribution in [1.82, 2.24) is 0 Å². The van der Waals surface area contributed by atoms with Gasteiger partial charge in [-0.1, -0.05) is 118 Å². The number of esters is 2. The Labute approximate surface area is 301 Å². The first-order valence-electron chi connectivity index (χ1n) is 18.2. The van der Waals surface area contributed by atoms with Crippen LogP contribution in [0.3, 0.4) is 0 Å². The lowest BCUT2D eigenvalue weighted by Gasteiger charge is -2.22. The Morgan fingerprint density at radius 2 is 1.00 bits per heavy atom. The second kappa shape index (κ2) is 23.5. The summed E-state index contributed by atoms with van der Waals surface area (Å²) in [7, 11) is 0. The highest BCUT2D eigenvalue weighted by Gasteiger charge is 2.21. The minimum absolute atomic E-state index is 0.131. The molecule has 3 rings (SSSR count). The van der Waals surface area contributed by atoms with Gasteiger partial charge >= 0.3 is 11.9 Å². The van der Waals surface area contributed by atoms with Crippen molar-refractivity contribution < 1.29 is 38.0 Å². The Morgan fingerprint density at radius 3 is 1.47 bits per heavy atom. The largest absolute Gasteiger partial charge is 0.488 e. The van der Waals surface area contributed by atoms with Crippen LogP contribution in [0.2, 0.25) is 0 Å². The van der Waals surface area contributed by atoms with Crippen molar-refractivity contribution in [2.75, 3.05) is 39.6 Å². The molecular formula is C40H57BrO8. The van der Waals surface area contributed by atoms with Crippen LogP contribution < -0.4 is 9.47 Å². The number of ether oxygens (including phenoxy) is 6. The van der Waals surface area contributed by atoms with Crippen molar-refractivity contribution in [1.29, 1.82) is 0 Å². The van der Waals surface area contributed by atoms with Gasteiger partial charge in [0.05, 0.1) is 13.2 Å². The Morgan fingerprint density at radius 1 is 0.571 bits per heavy atom. The number of hydrogen-bond acceptors (Lipinski definition) is 8. The molecular weight excluding hydrogens is 688 g/mol. The zero-order chi connectivity index (χ0) is 35.3. The average molecular weight is 746 g/mol. The van der Waals surface area contributed by atoms with E-state index in [1.165, 1.54) is 65.2 Å². The summed E-state index contributed by atoms with van der Waals surface area (Å²) in [4.78, 5) is 23.9. The van der Waals surface area contributed by atoms with Gasteiger partial charge in [0.15, 0.2) is 12.2 Å². The standard InChI is InChI=1S/C40H57BrO8/c1-5-7-9-11-13-17-23-44-26-33(48-30(3)42)28-46-39-35-19-15-16-20-36(35)40(38-25-32(41)21-22-37(38)39)47-29-34(49-31(4)43)27-45-24-18-14-12-10-8-6-2/h15-16,19-22,25,33-34H,5-14,17-18,23-24,26-29H2,1-4H3. The topological polar surface area (TPSA) is 89.5 Å². The summed E-state index contributed by atoms with van der Waals surface area (Å²) in [6, 6.07) is 13.8. The number of fused-ring (bicyclic) bond motifs is 2. The van der Waals surface area contributed by atoms with E-state index in [0.29, 0.717) is 24.7 Å². The maximum atomic E-state index is 12.0. The molecule has 0 N–H and O–H groups in total. The molecule has 0 aliphatic heterocycles. The summed E-state index contributed by atoms with van der Waals surface area (Å²) in [6.07, 6.45) is 13.0. The quantitative estimate of drug-likeness (QED) is 0.0456. The van der Waals surface area contributed by atoms with Gasteiger partial charge in [-0.05, 0) is 31.0 Å². The summed E-state index contributed by atoms with van der Waals surface area (Å²) < 4.78 is 36.9. The van der Waals surface area contributed by atoms with Crippen molar-refractivity contribution in [3.63, 3.8) is 0 Å². The Kier molecular flexibility index (Phi) is 19.5. The summed E-state index contributed by atoms with van der Waals surface area (Å²) >= 11 is 3.62. The molecule has 0 saturated carbocycles. The Hall–Kier alpha value is -2.88. The molecule has 272 valence electrons. The zero-order valence-corrected chi connectivity index (χ0v) is 31.7. The molecule has 0 radical (unpaired) electrons. The van der Waals surface area contributed by atoms with E-state index >= 15 is 0 Å². The van der Waals surface area contributed by atoms with Gasteiger partial charge in [-0.3, -0.25) is 9.59 Å². The molecule has 49 heavy (non-hydrogen) atoms. The molecule has 0 aromatic heterocycles. The molecule has 0 bridgehead atoms. The van der Waals surface area contributed by atoms with Gasteiger partial charge < -0.3 is 28.4 Å². The first-order valence-corrected chi connectivity index (χ1v) is 19.0. The van der Waals surface area contributed by atoms with E-state index < -0.39 is 12.2 Å². The SMILES string of the molecule is CCCCCCCCOCC(COc1c2ccccc2c(OCC(COCCCCCCCC)OC(C)=O)c2cc(Br)ccc12)OC(C)=O. The van der Waals surface area contributed by atoms with Crippen LogP contribution in [0.25, 0.3) is 21.5 Å². The summed E-state index contributed by atoms with van der Waals surface area (Å²) in [5, 5.41) is 3.38. The van der Waals surface area contributed by atoms with E-state index in [1.807, 2.05) is 42.5 Å². The number of benzene rings is 3. The second-order valence-electron chi connectivity index (χ2n) is 12.7. The molecule has 0 spiro atoms. The highest BCUT2D eigenvalue weighted by atomic mass is 79.9. The number of hydrogen-bond donors (Lipinski definition) is 0. The van der Waals surface area contributed by atoms with Crippen LogP contribution in [0.15, 0.2) is 46.9 Å². The summed E-state index contributed by atoms with van der Waals surface area (Å²) in [5.41, 5.74) is 0. The van der Waals surface area contributed by atoms with E-state index in [9.17, 15) is 9.59 Å². The number of unbranched alkanes of at least 4 members (excludes halogenated alkanes) is 10. The van der Waals surface area contributed by atoms with Crippen LogP contribution in [-0.4, -0.2) is 63.8 Å². The van der Waals surface area contributed by atoms with Crippen LogP contribution >= 0.6 is 15.9 Å². The fourth-order valence-corrected chi connectivity index (χ4v) is 6.20. The van der Waals surface area contributed by atoms with E-state index in [4.69, 9.17) is 28.4 Å². The van der Waals surface area contributed by atoms with E-state index in [1.54, 1.807) is 0 Å². The van der Waals surface area contributed by atoms with E-state index in [-0.39, 0.29) is 38.4 Å². The average Bonchev–Trinajstić information content (AvgIpc) is 3.07. The van der Waals surface area contributed by atoms with Crippen molar-refractivity contribution >= 4 is 49.4 Å². The van der Waals surface area contributed by atoms with Crippen LogP contribution in [0, 0.1) is 0 Å². The first-order chi connectivity index (χ1) is 23.8. The lowest BCUT2D eigenvalue weighted by Crippen LogP contribution is -2.29. The molecule has 0 aliphatic carbocycles. The van der Waals surface area contributed by atoms with E-state index in [0.717, 1.165) is 51.7 Å². The Bertz CT molecular complexity index is 1410.